The molecule has 0 aromatic carbocycles. The Labute approximate surface area is 130 Å². The summed E-state index contributed by atoms with van der Waals surface area (Å²) in [6.07, 6.45) is 7.73. The monoisotopic (exact) mass is 329 g/mol. The number of imidazole rings is 1. The van der Waals surface area contributed by atoms with E-state index < -0.39 is 10.0 Å². The average Bonchev–Trinajstić information content (AvgIpc) is 2.90. The summed E-state index contributed by atoms with van der Waals surface area (Å²) in [5, 5.41) is 5.78. The van der Waals surface area contributed by atoms with Crippen LogP contribution in [0.1, 0.15) is 19.8 Å². The molecule has 1 saturated heterocycles. The SMILES string of the molecule is CC(Cn1ccnc1)NC(=O)NC1CCN(S(C)(=O)=O)CC1. The lowest BCUT2D eigenvalue weighted by molar-refractivity contribution is 0.223. The predicted molar refractivity (Wildman–Crippen MR) is 82.8 cm³/mol. The van der Waals surface area contributed by atoms with E-state index >= 15 is 0 Å². The van der Waals surface area contributed by atoms with Crippen molar-refractivity contribution in [2.75, 3.05) is 19.3 Å². The third-order valence-electron chi connectivity index (χ3n) is 3.68. The Morgan fingerprint density at radius 2 is 2.09 bits per heavy atom. The number of aromatic nitrogens is 2. The van der Waals surface area contributed by atoms with E-state index in [0.717, 1.165) is 0 Å². The number of piperidine rings is 1. The molecule has 1 atom stereocenters. The zero-order valence-electron chi connectivity index (χ0n) is 12.9. The van der Waals surface area contributed by atoms with Gasteiger partial charge >= 0.3 is 6.03 Å². The predicted octanol–water partition coefficient (Wildman–Crippen LogP) is -0.00520. The number of rotatable bonds is 5. The number of sulfonamides is 1. The summed E-state index contributed by atoms with van der Waals surface area (Å²) in [7, 11) is -3.13. The number of carbonyl (C=O) groups excluding carboxylic acids is 1. The van der Waals surface area contributed by atoms with Crippen LogP contribution in [0.2, 0.25) is 0 Å². The third-order valence-corrected chi connectivity index (χ3v) is 4.98. The summed E-state index contributed by atoms with van der Waals surface area (Å²) in [5.74, 6) is 0. The lowest BCUT2D eigenvalue weighted by atomic mass is 10.1. The van der Waals surface area contributed by atoms with Gasteiger partial charge in [-0.2, -0.15) is 0 Å². The minimum Gasteiger partial charge on any atom is -0.335 e. The van der Waals surface area contributed by atoms with Crippen LogP contribution in [-0.2, 0) is 16.6 Å². The van der Waals surface area contributed by atoms with Crippen LogP contribution in [-0.4, -0.2) is 59.7 Å². The first-order valence-corrected chi connectivity index (χ1v) is 9.17. The highest BCUT2D eigenvalue weighted by Crippen LogP contribution is 2.13. The molecular weight excluding hydrogens is 306 g/mol. The van der Waals surface area contributed by atoms with Gasteiger partial charge in [0.05, 0.1) is 12.6 Å². The van der Waals surface area contributed by atoms with Crippen molar-refractivity contribution in [2.45, 2.75) is 38.4 Å². The van der Waals surface area contributed by atoms with Gasteiger partial charge in [-0.15, -0.1) is 0 Å². The number of hydrogen-bond donors (Lipinski definition) is 2. The second kappa shape index (κ2) is 7.10. The number of urea groups is 1. The van der Waals surface area contributed by atoms with Crippen LogP contribution in [0, 0.1) is 0 Å². The van der Waals surface area contributed by atoms with E-state index in [1.807, 2.05) is 17.7 Å². The minimum absolute atomic E-state index is 0.0124. The summed E-state index contributed by atoms with van der Waals surface area (Å²) in [4.78, 5) is 15.9. The molecule has 0 bridgehead atoms. The van der Waals surface area contributed by atoms with E-state index in [-0.39, 0.29) is 18.1 Å². The molecule has 0 spiro atoms. The summed E-state index contributed by atoms with van der Waals surface area (Å²) < 4.78 is 26.2. The molecule has 2 N–H and O–H groups in total. The van der Waals surface area contributed by atoms with Gasteiger partial charge < -0.3 is 15.2 Å². The molecule has 124 valence electrons. The van der Waals surface area contributed by atoms with Crippen LogP contribution < -0.4 is 10.6 Å². The zero-order chi connectivity index (χ0) is 16.2. The third kappa shape index (κ3) is 4.99. The number of amides is 2. The highest BCUT2D eigenvalue weighted by Gasteiger charge is 2.25. The Morgan fingerprint density at radius 1 is 1.41 bits per heavy atom. The fraction of sp³-hybridized carbons (Fsp3) is 0.692. The number of nitrogens with one attached hydrogen (secondary N) is 2. The van der Waals surface area contributed by atoms with Crippen molar-refractivity contribution in [3.63, 3.8) is 0 Å². The fourth-order valence-electron chi connectivity index (χ4n) is 2.54. The largest absolute Gasteiger partial charge is 0.335 e. The molecular formula is C13H23N5O3S. The molecule has 1 aliphatic rings. The maximum Gasteiger partial charge on any atom is 0.315 e. The van der Waals surface area contributed by atoms with Crippen LogP contribution in [0.5, 0.6) is 0 Å². The molecule has 2 heterocycles. The first kappa shape index (κ1) is 16.8. The van der Waals surface area contributed by atoms with Crippen LogP contribution in [0.15, 0.2) is 18.7 Å². The maximum atomic E-state index is 11.9. The van der Waals surface area contributed by atoms with Crippen LogP contribution >= 0.6 is 0 Å². The Balaban J connectivity index is 1.72. The smallest absolute Gasteiger partial charge is 0.315 e. The van der Waals surface area contributed by atoms with Gasteiger partial charge in [0.25, 0.3) is 0 Å². The van der Waals surface area contributed by atoms with E-state index in [2.05, 4.69) is 15.6 Å². The summed E-state index contributed by atoms with van der Waals surface area (Å²) in [5.41, 5.74) is 0. The molecule has 0 radical (unpaired) electrons. The zero-order valence-corrected chi connectivity index (χ0v) is 13.7. The van der Waals surface area contributed by atoms with Crippen molar-refractivity contribution < 1.29 is 13.2 Å². The first-order valence-electron chi connectivity index (χ1n) is 7.32. The van der Waals surface area contributed by atoms with Crippen LogP contribution in [0.4, 0.5) is 4.79 Å². The van der Waals surface area contributed by atoms with E-state index in [1.54, 1.807) is 12.5 Å². The van der Waals surface area contributed by atoms with Crippen LogP contribution in [0.3, 0.4) is 0 Å². The van der Waals surface area contributed by atoms with Crippen molar-refractivity contribution >= 4 is 16.1 Å². The molecule has 0 aliphatic carbocycles. The molecule has 8 nitrogen and oxygen atoms in total. The van der Waals surface area contributed by atoms with Gasteiger partial charge in [0.2, 0.25) is 10.0 Å². The first-order chi connectivity index (χ1) is 10.3. The molecule has 22 heavy (non-hydrogen) atoms. The van der Waals surface area contributed by atoms with Crippen molar-refractivity contribution in [2.24, 2.45) is 0 Å². The van der Waals surface area contributed by atoms with Gasteiger partial charge in [0.1, 0.15) is 0 Å². The quantitative estimate of drug-likeness (QED) is 0.794. The highest BCUT2D eigenvalue weighted by molar-refractivity contribution is 7.88. The normalized spacial score (nSPS) is 18.8. The van der Waals surface area contributed by atoms with Gasteiger partial charge in [-0.05, 0) is 19.8 Å². The standard InChI is InChI=1S/C13H23N5O3S/c1-11(9-17-8-5-14-10-17)15-13(19)16-12-3-6-18(7-4-12)22(2,20)21/h5,8,10-12H,3-4,6-7,9H2,1-2H3,(H2,15,16,19). The summed E-state index contributed by atoms with van der Waals surface area (Å²) in [6, 6.07) is -0.228. The van der Waals surface area contributed by atoms with Gasteiger partial charge in [-0.1, -0.05) is 0 Å². The van der Waals surface area contributed by atoms with Gasteiger partial charge in [0.15, 0.2) is 0 Å². The van der Waals surface area contributed by atoms with E-state index in [1.165, 1.54) is 10.6 Å². The van der Waals surface area contributed by atoms with E-state index in [9.17, 15) is 13.2 Å². The lowest BCUT2D eigenvalue weighted by Crippen LogP contribution is -2.50. The Kier molecular flexibility index (Phi) is 5.41. The lowest BCUT2D eigenvalue weighted by Gasteiger charge is -2.31. The Bertz CT molecular complexity index is 579. The number of carbonyl (C=O) groups is 1. The molecule has 2 amide bonds. The molecule has 0 saturated carbocycles. The fourth-order valence-corrected chi connectivity index (χ4v) is 3.41. The highest BCUT2D eigenvalue weighted by atomic mass is 32.2. The Morgan fingerprint density at radius 3 is 2.64 bits per heavy atom. The molecule has 2 rings (SSSR count). The van der Waals surface area contributed by atoms with Gasteiger partial charge in [-0.25, -0.2) is 22.5 Å². The number of hydrogen-bond acceptors (Lipinski definition) is 4. The molecule has 1 unspecified atom stereocenters. The van der Waals surface area contributed by atoms with Crippen molar-refractivity contribution in [3.8, 4) is 0 Å². The molecule has 9 heteroatoms. The van der Waals surface area contributed by atoms with Gasteiger partial charge in [-0.3, -0.25) is 0 Å². The number of nitrogens with zero attached hydrogens (tertiary/aromatic N) is 3. The van der Waals surface area contributed by atoms with Crippen molar-refractivity contribution in [1.82, 2.24) is 24.5 Å². The van der Waals surface area contributed by atoms with Crippen molar-refractivity contribution in [1.29, 1.82) is 0 Å². The van der Waals surface area contributed by atoms with E-state index in [0.29, 0.717) is 32.5 Å². The topological polar surface area (TPSA) is 96.3 Å². The van der Waals surface area contributed by atoms with E-state index in [4.69, 9.17) is 0 Å². The Hall–Kier alpha value is -1.61. The molecule has 1 aromatic heterocycles. The second-order valence-electron chi connectivity index (χ2n) is 5.71. The minimum atomic E-state index is -3.13. The van der Waals surface area contributed by atoms with Crippen molar-refractivity contribution in [3.05, 3.63) is 18.7 Å². The maximum absolute atomic E-state index is 11.9. The summed E-state index contributed by atoms with van der Waals surface area (Å²) in [6.45, 7) is 3.48. The second-order valence-corrected chi connectivity index (χ2v) is 7.70. The van der Waals surface area contributed by atoms with Crippen LogP contribution in [0.25, 0.3) is 0 Å². The average molecular weight is 329 g/mol. The van der Waals surface area contributed by atoms with Gasteiger partial charge in [0, 0.05) is 44.1 Å². The molecule has 1 aliphatic heterocycles. The summed E-state index contributed by atoms with van der Waals surface area (Å²) >= 11 is 0. The molecule has 1 aromatic rings. The molecule has 1 fully saturated rings.